The van der Waals surface area contributed by atoms with Crippen LogP contribution in [0.1, 0.15) is 31.2 Å². The first-order chi connectivity index (χ1) is 16.5. The average Bonchev–Trinajstić information content (AvgIpc) is 3.31. The molecular formula is C22H31N5O8. The van der Waals surface area contributed by atoms with Gasteiger partial charge in [0, 0.05) is 19.4 Å². The number of phenolic OH excluding ortho intramolecular Hbond substituents is 1. The van der Waals surface area contributed by atoms with Gasteiger partial charge in [0.1, 0.15) is 23.9 Å². The van der Waals surface area contributed by atoms with E-state index < -0.39 is 60.4 Å². The van der Waals surface area contributed by atoms with Crippen molar-refractivity contribution in [3.63, 3.8) is 0 Å². The number of aliphatic hydroxyl groups is 1. The van der Waals surface area contributed by atoms with Crippen LogP contribution in [0.4, 0.5) is 0 Å². The van der Waals surface area contributed by atoms with Crippen LogP contribution in [0, 0.1) is 0 Å². The number of carboxylic acids is 1. The number of primary amides is 1. The van der Waals surface area contributed by atoms with E-state index in [1.807, 2.05) is 0 Å². The molecule has 192 valence electrons. The maximum Gasteiger partial charge on any atom is 0.328 e. The first kappa shape index (κ1) is 27.5. The molecule has 1 aromatic rings. The fraction of sp³-hybridized carbons (Fsp3) is 0.500. The molecular weight excluding hydrogens is 462 g/mol. The average molecular weight is 494 g/mol. The summed E-state index contributed by atoms with van der Waals surface area (Å²) in [6.07, 6.45) is 0.744. The number of aliphatic hydroxyl groups excluding tert-OH is 1. The van der Waals surface area contributed by atoms with Crippen LogP contribution in [-0.4, -0.2) is 87.1 Å². The van der Waals surface area contributed by atoms with Crippen molar-refractivity contribution in [2.24, 2.45) is 11.5 Å². The first-order valence-electron chi connectivity index (χ1n) is 11.1. The van der Waals surface area contributed by atoms with Crippen LogP contribution in [0.5, 0.6) is 5.75 Å². The molecule has 0 bridgehead atoms. The fourth-order valence-corrected chi connectivity index (χ4v) is 3.74. The number of carbonyl (C=O) groups excluding carboxylic acids is 4. The Bertz CT molecular complexity index is 938. The van der Waals surface area contributed by atoms with E-state index in [1.54, 1.807) is 0 Å². The van der Waals surface area contributed by atoms with Crippen molar-refractivity contribution in [1.29, 1.82) is 0 Å². The summed E-state index contributed by atoms with van der Waals surface area (Å²) in [6.45, 7) is -0.587. The Hall–Kier alpha value is -3.71. The lowest BCUT2D eigenvalue weighted by atomic mass is 10.0. The van der Waals surface area contributed by atoms with E-state index in [0.717, 1.165) is 0 Å². The topological polar surface area (TPSA) is 225 Å². The number of nitrogens with one attached hydrogen (secondary N) is 2. The maximum absolute atomic E-state index is 13.1. The molecule has 0 aromatic heterocycles. The van der Waals surface area contributed by atoms with Gasteiger partial charge >= 0.3 is 5.97 Å². The Labute approximate surface area is 201 Å². The number of aromatic hydroxyl groups is 1. The Balaban J connectivity index is 2.16. The number of likely N-dealkylation sites (tertiary alicyclic amines) is 1. The van der Waals surface area contributed by atoms with Crippen LogP contribution in [0.3, 0.4) is 0 Å². The number of rotatable bonds is 12. The van der Waals surface area contributed by atoms with E-state index in [1.165, 1.54) is 29.2 Å². The zero-order chi connectivity index (χ0) is 26.1. The summed E-state index contributed by atoms with van der Waals surface area (Å²) in [5.74, 6) is -4.05. The minimum Gasteiger partial charge on any atom is -0.508 e. The van der Waals surface area contributed by atoms with Gasteiger partial charge in [0.2, 0.25) is 23.6 Å². The number of hydrogen-bond donors (Lipinski definition) is 7. The molecule has 1 aliphatic rings. The lowest BCUT2D eigenvalue weighted by Crippen LogP contribution is -2.57. The summed E-state index contributed by atoms with van der Waals surface area (Å²) in [5.41, 5.74) is 11.5. The van der Waals surface area contributed by atoms with Crippen molar-refractivity contribution in [1.82, 2.24) is 15.5 Å². The third-order valence-electron chi connectivity index (χ3n) is 5.66. The highest BCUT2D eigenvalue weighted by atomic mass is 16.4. The second-order valence-corrected chi connectivity index (χ2v) is 8.31. The number of carboxylic acid groups (broad SMARTS) is 1. The molecule has 13 nitrogen and oxygen atoms in total. The second kappa shape index (κ2) is 12.7. The molecule has 4 unspecified atom stereocenters. The van der Waals surface area contributed by atoms with E-state index in [2.05, 4.69) is 10.6 Å². The number of nitrogens with zero attached hydrogens (tertiary/aromatic N) is 1. The summed E-state index contributed by atoms with van der Waals surface area (Å²) in [6, 6.07) is 1.11. The van der Waals surface area contributed by atoms with Crippen molar-refractivity contribution < 1.29 is 39.3 Å². The lowest BCUT2D eigenvalue weighted by Gasteiger charge is -2.28. The number of amides is 4. The number of hydrogen-bond acceptors (Lipinski definition) is 8. The van der Waals surface area contributed by atoms with Gasteiger partial charge in [-0.15, -0.1) is 0 Å². The van der Waals surface area contributed by atoms with Crippen LogP contribution in [0.15, 0.2) is 24.3 Å². The molecule has 0 aliphatic carbocycles. The van der Waals surface area contributed by atoms with E-state index in [9.17, 15) is 34.2 Å². The van der Waals surface area contributed by atoms with Crippen molar-refractivity contribution in [3.8, 4) is 5.75 Å². The monoisotopic (exact) mass is 493 g/mol. The van der Waals surface area contributed by atoms with Crippen LogP contribution >= 0.6 is 0 Å². The highest BCUT2D eigenvalue weighted by Gasteiger charge is 2.38. The van der Waals surface area contributed by atoms with Gasteiger partial charge in [-0.3, -0.25) is 19.2 Å². The zero-order valence-electron chi connectivity index (χ0n) is 19.1. The van der Waals surface area contributed by atoms with Gasteiger partial charge in [-0.05, 0) is 37.0 Å². The van der Waals surface area contributed by atoms with Crippen LogP contribution in [0.2, 0.25) is 0 Å². The predicted octanol–water partition coefficient (Wildman–Crippen LogP) is -2.43. The minimum absolute atomic E-state index is 0.00204. The van der Waals surface area contributed by atoms with Crippen molar-refractivity contribution in [3.05, 3.63) is 29.8 Å². The number of carbonyl (C=O) groups is 5. The lowest BCUT2D eigenvalue weighted by molar-refractivity contribution is -0.144. The molecule has 1 saturated heterocycles. The van der Waals surface area contributed by atoms with Crippen LogP contribution < -0.4 is 22.1 Å². The molecule has 13 heteroatoms. The molecule has 4 atom stereocenters. The van der Waals surface area contributed by atoms with Gasteiger partial charge in [0.25, 0.3) is 0 Å². The molecule has 0 spiro atoms. The van der Waals surface area contributed by atoms with Gasteiger partial charge in [0.15, 0.2) is 0 Å². The van der Waals surface area contributed by atoms with E-state index in [4.69, 9.17) is 16.6 Å². The van der Waals surface area contributed by atoms with E-state index in [-0.39, 0.29) is 31.6 Å². The van der Waals surface area contributed by atoms with Gasteiger partial charge in [-0.2, -0.15) is 0 Å². The standard InChI is InChI=1S/C22H31N5O8/c23-14(7-8-18(24)30)21(33)27-9-1-2-17(27)20(32)25-15(10-12-3-5-13(29)6-4-12)19(31)26-16(11-28)22(34)35/h3-6,14-17,28-29H,1-2,7-11,23H2,(H2,24,30)(H,25,32)(H,26,31)(H,34,35). The molecule has 1 aliphatic heterocycles. The van der Waals surface area contributed by atoms with Crippen molar-refractivity contribution in [2.75, 3.05) is 13.2 Å². The largest absolute Gasteiger partial charge is 0.508 e. The van der Waals surface area contributed by atoms with E-state index >= 15 is 0 Å². The molecule has 35 heavy (non-hydrogen) atoms. The number of benzene rings is 1. The molecule has 0 radical (unpaired) electrons. The molecule has 0 saturated carbocycles. The van der Waals surface area contributed by atoms with Crippen LogP contribution in [-0.2, 0) is 30.4 Å². The Morgan fingerprint density at radius 1 is 1.09 bits per heavy atom. The van der Waals surface area contributed by atoms with Gasteiger partial charge in [0.05, 0.1) is 12.6 Å². The van der Waals surface area contributed by atoms with Gasteiger partial charge in [-0.25, -0.2) is 4.79 Å². The highest BCUT2D eigenvalue weighted by Crippen LogP contribution is 2.20. The number of phenols is 1. The summed E-state index contributed by atoms with van der Waals surface area (Å²) >= 11 is 0. The SMILES string of the molecule is NC(=O)CCC(N)C(=O)N1CCCC1C(=O)NC(Cc1ccc(O)cc1)C(=O)NC(CO)C(=O)O. The zero-order valence-corrected chi connectivity index (χ0v) is 19.1. The normalized spacial score (nSPS) is 17.8. The predicted molar refractivity (Wildman–Crippen MR) is 122 cm³/mol. The Morgan fingerprint density at radius 3 is 2.31 bits per heavy atom. The molecule has 9 N–H and O–H groups in total. The molecule has 1 aromatic carbocycles. The smallest absolute Gasteiger partial charge is 0.328 e. The molecule has 1 heterocycles. The van der Waals surface area contributed by atoms with Crippen molar-refractivity contribution in [2.45, 2.75) is 56.3 Å². The summed E-state index contributed by atoms with van der Waals surface area (Å²) in [5, 5.41) is 32.6. The minimum atomic E-state index is -1.57. The summed E-state index contributed by atoms with van der Waals surface area (Å²) in [4.78, 5) is 62.2. The molecule has 2 rings (SSSR count). The first-order valence-corrected chi connectivity index (χ1v) is 11.1. The van der Waals surface area contributed by atoms with Crippen molar-refractivity contribution >= 4 is 29.6 Å². The third-order valence-corrected chi connectivity index (χ3v) is 5.66. The molecule has 1 fully saturated rings. The maximum atomic E-state index is 13.1. The second-order valence-electron chi connectivity index (χ2n) is 8.31. The van der Waals surface area contributed by atoms with Crippen LogP contribution in [0.25, 0.3) is 0 Å². The Kier molecular flexibility index (Phi) is 9.97. The summed E-state index contributed by atoms with van der Waals surface area (Å²) in [7, 11) is 0. The third kappa shape index (κ3) is 7.93. The number of aliphatic carboxylic acids is 1. The Morgan fingerprint density at radius 2 is 1.74 bits per heavy atom. The van der Waals surface area contributed by atoms with Gasteiger partial charge in [-0.1, -0.05) is 12.1 Å². The fourth-order valence-electron chi connectivity index (χ4n) is 3.74. The summed E-state index contributed by atoms with van der Waals surface area (Å²) < 4.78 is 0. The van der Waals surface area contributed by atoms with Gasteiger partial charge < -0.3 is 42.3 Å². The highest BCUT2D eigenvalue weighted by molar-refractivity contribution is 5.94. The quantitative estimate of drug-likeness (QED) is 0.164. The molecule has 4 amide bonds. The number of nitrogens with two attached hydrogens (primary N) is 2. The van der Waals surface area contributed by atoms with E-state index in [0.29, 0.717) is 18.4 Å².